The summed E-state index contributed by atoms with van der Waals surface area (Å²) in [6, 6.07) is -0.445. The van der Waals surface area contributed by atoms with Crippen LogP contribution in [0.3, 0.4) is 0 Å². The molecule has 1 aliphatic rings. The lowest BCUT2D eigenvalue weighted by Crippen LogP contribution is -2.48. The molecule has 1 saturated heterocycles. The van der Waals surface area contributed by atoms with Gasteiger partial charge in [-0.3, -0.25) is 9.59 Å². The van der Waals surface area contributed by atoms with Crippen LogP contribution in [-0.2, 0) is 9.59 Å². The van der Waals surface area contributed by atoms with Crippen LogP contribution in [-0.4, -0.2) is 54.3 Å². The number of rotatable bonds is 5. The minimum absolute atomic E-state index is 0.00904. The molecule has 0 bridgehead atoms. The van der Waals surface area contributed by atoms with Crippen LogP contribution < -0.4 is 5.73 Å². The van der Waals surface area contributed by atoms with E-state index < -0.39 is 6.04 Å². The quantitative estimate of drug-likeness (QED) is 0.804. The Labute approximate surface area is 116 Å². The molecule has 0 aromatic carbocycles. The van der Waals surface area contributed by atoms with Gasteiger partial charge in [0.15, 0.2) is 0 Å². The highest BCUT2D eigenvalue weighted by Crippen LogP contribution is 2.19. The van der Waals surface area contributed by atoms with E-state index in [1.165, 1.54) is 0 Å². The molecule has 5 nitrogen and oxygen atoms in total. The van der Waals surface area contributed by atoms with Crippen molar-refractivity contribution in [1.82, 2.24) is 9.80 Å². The van der Waals surface area contributed by atoms with Gasteiger partial charge in [-0.05, 0) is 26.2 Å². The highest BCUT2D eigenvalue weighted by atomic mass is 16.2. The second kappa shape index (κ2) is 7.48. The van der Waals surface area contributed by atoms with Gasteiger partial charge in [0.25, 0.3) is 0 Å². The van der Waals surface area contributed by atoms with Gasteiger partial charge < -0.3 is 15.5 Å². The van der Waals surface area contributed by atoms with E-state index in [0.29, 0.717) is 13.1 Å². The summed E-state index contributed by atoms with van der Waals surface area (Å²) in [5.41, 5.74) is 5.60. The highest BCUT2D eigenvalue weighted by Gasteiger charge is 2.29. The van der Waals surface area contributed by atoms with Crippen molar-refractivity contribution in [3.63, 3.8) is 0 Å². The largest absolute Gasteiger partial charge is 0.346 e. The maximum atomic E-state index is 12.2. The number of nitrogens with two attached hydrogens (primary N) is 1. The third kappa shape index (κ3) is 4.49. The summed E-state index contributed by atoms with van der Waals surface area (Å²) in [6.45, 7) is 5.96. The topological polar surface area (TPSA) is 66.6 Å². The average Bonchev–Trinajstić information content (AvgIpc) is 2.43. The molecule has 0 radical (unpaired) electrons. The van der Waals surface area contributed by atoms with Crippen LogP contribution in [0, 0.1) is 5.92 Å². The first-order valence-corrected chi connectivity index (χ1v) is 7.26. The molecular formula is C14H27N3O2. The number of carbonyl (C=O) groups is 2. The molecule has 0 aromatic rings. The first-order valence-electron chi connectivity index (χ1n) is 7.26. The normalized spacial score (nSPS) is 18.2. The molecule has 19 heavy (non-hydrogen) atoms. The number of hydrogen-bond acceptors (Lipinski definition) is 3. The SMILES string of the molecule is CCCCN(C)C(=O)C1CCN(C(=O)C(C)N)CC1. The fraction of sp³-hybridized carbons (Fsp3) is 0.857. The summed E-state index contributed by atoms with van der Waals surface area (Å²) >= 11 is 0. The van der Waals surface area contributed by atoms with Crippen LogP contribution >= 0.6 is 0 Å². The van der Waals surface area contributed by atoms with Crippen molar-refractivity contribution < 1.29 is 9.59 Å². The molecule has 2 amide bonds. The van der Waals surface area contributed by atoms with Gasteiger partial charge in [-0.15, -0.1) is 0 Å². The van der Waals surface area contributed by atoms with Crippen LogP contribution in [0.15, 0.2) is 0 Å². The van der Waals surface area contributed by atoms with Gasteiger partial charge in [0, 0.05) is 32.6 Å². The zero-order valence-electron chi connectivity index (χ0n) is 12.4. The maximum absolute atomic E-state index is 12.2. The van der Waals surface area contributed by atoms with Gasteiger partial charge in [-0.25, -0.2) is 0 Å². The number of unbranched alkanes of at least 4 members (excludes halogenated alkanes) is 1. The van der Waals surface area contributed by atoms with Crippen molar-refractivity contribution in [3.05, 3.63) is 0 Å². The van der Waals surface area contributed by atoms with Gasteiger partial charge in [0.1, 0.15) is 0 Å². The smallest absolute Gasteiger partial charge is 0.239 e. The molecule has 5 heteroatoms. The summed E-state index contributed by atoms with van der Waals surface area (Å²) in [7, 11) is 1.87. The van der Waals surface area contributed by atoms with E-state index in [9.17, 15) is 9.59 Å². The molecule has 2 N–H and O–H groups in total. The van der Waals surface area contributed by atoms with Crippen molar-refractivity contribution in [2.45, 2.75) is 45.6 Å². The maximum Gasteiger partial charge on any atom is 0.239 e. The summed E-state index contributed by atoms with van der Waals surface area (Å²) in [5, 5.41) is 0. The van der Waals surface area contributed by atoms with E-state index in [1.807, 2.05) is 11.9 Å². The Hall–Kier alpha value is -1.10. The predicted molar refractivity (Wildman–Crippen MR) is 75.5 cm³/mol. The molecule has 0 spiro atoms. The molecular weight excluding hydrogens is 242 g/mol. The predicted octanol–water partition coefficient (Wildman–Crippen LogP) is 0.831. The molecule has 0 aliphatic carbocycles. The standard InChI is InChI=1S/C14H27N3O2/c1-4-5-8-16(3)14(19)12-6-9-17(10-7-12)13(18)11(2)15/h11-12H,4-10,15H2,1-3H3. The zero-order chi connectivity index (χ0) is 14.4. The summed E-state index contributed by atoms with van der Waals surface area (Å²) in [6.07, 6.45) is 3.66. The Kier molecular flexibility index (Phi) is 6.28. The number of hydrogen-bond donors (Lipinski definition) is 1. The molecule has 110 valence electrons. The molecule has 0 aromatic heterocycles. The van der Waals surface area contributed by atoms with Crippen LogP contribution in [0.25, 0.3) is 0 Å². The summed E-state index contributed by atoms with van der Waals surface area (Å²) < 4.78 is 0. The number of amides is 2. The Morgan fingerprint density at radius 2 is 1.95 bits per heavy atom. The van der Waals surface area contributed by atoms with Gasteiger partial charge >= 0.3 is 0 Å². The fourth-order valence-corrected chi connectivity index (χ4v) is 2.45. The van der Waals surface area contributed by atoms with E-state index in [1.54, 1.807) is 11.8 Å². The molecule has 0 saturated carbocycles. The van der Waals surface area contributed by atoms with Crippen LogP contribution in [0.4, 0.5) is 0 Å². The zero-order valence-corrected chi connectivity index (χ0v) is 12.4. The average molecular weight is 269 g/mol. The number of carbonyl (C=O) groups excluding carboxylic acids is 2. The van der Waals surface area contributed by atoms with Crippen molar-refractivity contribution in [1.29, 1.82) is 0 Å². The molecule has 1 fully saturated rings. The number of nitrogens with zero attached hydrogens (tertiary/aromatic N) is 2. The van der Waals surface area contributed by atoms with Crippen LogP contribution in [0.2, 0.25) is 0 Å². The van der Waals surface area contributed by atoms with E-state index in [-0.39, 0.29) is 17.7 Å². The van der Waals surface area contributed by atoms with E-state index in [2.05, 4.69) is 6.92 Å². The highest BCUT2D eigenvalue weighted by molar-refractivity contribution is 5.82. The lowest BCUT2D eigenvalue weighted by molar-refractivity contribution is -0.140. The van der Waals surface area contributed by atoms with Crippen molar-refractivity contribution in [2.75, 3.05) is 26.7 Å². The van der Waals surface area contributed by atoms with Crippen LogP contribution in [0.5, 0.6) is 0 Å². The Bertz CT molecular complexity index is 310. The minimum atomic E-state index is -0.445. The Morgan fingerprint density at radius 3 is 2.42 bits per heavy atom. The second-order valence-electron chi connectivity index (χ2n) is 5.50. The first kappa shape index (κ1) is 16.0. The van der Waals surface area contributed by atoms with Crippen molar-refractivity contribution in [2.24, 2.45) is 11.7 Å². The minimum Gasteiger partial charge on any atom is -0.346 e. The van der Waals surface area contributed by atoms with Gasteiger partial charge in [-0.1, -0.05) is 13.3 Å². The van der Waals surface area contributed by atoms with Gasteiger partial charge in [-0.2, -0.15) is 0 Å². The first-order chi connectivity index (χ1) is 8.97. The van der Waals surface area contributed by atoms with E-state index in [4.69, 9.17) is 5.73 Å². The number of piperidine rings is 1. The van der Waals surface area contributed by atoms with Crippen molar-refractivity contribution >= 4 is 11.8 Å². The third-order valence-electron chi connectivity index (χ3n) is 3.77. The monoisotopic (exact) mass is 269 g/mol. The molecule has 1 rings (SSSR count). The lowest BCUT2D eigenvalue weighted by atomic mass is 9.95. The van der Waals surface area contributed by atoms with Crippen LogP contribution in [0.1, 0.15) is 39.5 Å². The van der Waals surface area contributed by atoms with E-state index >= 15 is 0 Å². The van der Waals surface area contributed by atoms with Gasteiger partial charge in [0.05, 0.1) is 6.04 Å². The van der Waals surface area contributed by atoms with Crippen molar-refractivity contribution in [3.8, 4) is 0 Å². The molecule has 1 unspecified atom stereocenters. The lowest BCUT2D eigenvalue weighted by Gasteiger charge is -2.34. The fourth-order valence-electron chi connectivity index (χ4n) is 2.45. The molecule has 1 heterocycles. The Balaban J connectivity index is 2.41. The molecule has 1 atom stereocenters. The van der Waals surface area contributed by atoms with Gasteiger partial charge in [0.2, 0.25) is 11.8 Å². The molecule has 1 aliphatic heterocycles. The van der Waals surface area contributed by atoms with E-state index in [0.717, 1.165) is 32.2 Å². The third-order valence-corrected chi connectivity index (χ3v) is 3.77. The second-order valence-corrected chi connectivity index (χ2v) is 5.50. The summed E-state index contributed by atoms with van der Waals surface area (Å²) in [4.78, 5) is 27.6. The number of likely N-dealkylation sites (tertiary alicyclic amines) is 1. The Morgan fingerprint density at radius 1 is 1.37 bits per heavy atom. The summed E-state index contributed by atoms with van der Waals surface area (Å²) in [5.74, 6) is 0.283.